The second-order valence-corrected chi connectivity index (χ2v) is 8.55. The van der Waals surface area contributed by atoms with E-state index in [0.29, 0.717) is 6.71 Å². The van der Waals surface area contributed by atoms with E-state index in [2.05, 4.69) is 72.7 Å². The molecule has 1 saturated carbocycles. The first-order chi connectivity index (χ1) is 12.3. The average Bonchev–Trinajstić information content (AvgIpc) is 3.05. The van der Waals surface area contributed by atoms with Gasteiger partial charge < -0.3 is 0 Å². The van der Waals surface area contributed by atoms with Crippen molar-refractivity contribution >= 4 is 17.6 Å². The average molecular weight is 344 g/mol. The fraction of sp³-hybridized carbons (Fsp3) is 0.440. The molecule has 0 saturated heterocycles. The quantitative estimate of drug-likeness (QED) is 0.638. The first-order valence-corrected chi connectivity index (χ1v) is 10.1. The van der Waals surface area contributed by atoms with Crippen molar-refractivity contribution in [3.8, 4) is 0 Å². The maximum absolute atomic E-state index is 2.41. The molecular weight excluding hydrogens is 311 g/mol. The lowest BCUT2D eigenvalue weighted by molar-refractivity contribution is 0.886. The first-order valence-electron chi connectivity index (χ1n) is 10.1. The van der Waals surface area contributed by atoms with E-state index >= 15 is 0 Å². The summed E-state index contributed by atoms with van der Waals surface area (Å²) in [5.74, 6) is 0. The number of allylic oxidation sites excluding steroid dienone is 2. The summed E-state index contributed by atoms with van der Waals surface area (Å²) >= 11 is 0. The largest absolute Gasteiger partial charge is 0.238 e. The molecule has 2 aromatic rings. The molecule has 0 aromatic heterocycles. The molecule has 0 N–H and O–H groups in total. The molecular formula is C25H33B. The van der Waals surface area contributed by atoms with E-state index in [0.717, 1.165) is 0 Å². The molecule has 0 nitrogen and oxygen atoms in total. The number of benzene rings is 2. The van der Waals surface area contributed by atoms with E-state index in [1.54, 1.807) is 11.0 Å². The van der Waals surface area contributed by atoms with Gasteiger partial charge in [0.1, 0.15) is 0 Å². The van der Waals surface area contributed by atoms with Crippen LogP contribution in [0.2, 0.25) is 0 Å². The Balaban J connectivity index is 2.31. The maximum atomic E-state index is 2.41. The molecule has 1 heteroatoms. The van der Waals surface area contributed by atoms with Gasteiger partial charge in [-0.15, -0.1) is 0 Å². The highest BCUT2D eigenvalue weighted by molar-refractivity contribution is 6.92. The van der Waals surface area contributed by atoms with Gasteiger partial charge in [-0.25, -0.2) is 0 Å². The number of hydrogen-bond acceptors (Lipinski definition) is 0. The van der Waals surface area contributed by atoms with Gasteiger partial charge in [0, 0.05) is 0 Å². The normalized spacial score (nSPS) is 14.0. The van der Waals surface area contributed by atoms with Gasteiger partial charge in [0.25, 0.3) is 0 Å². The Labute approximate surface area is 160 Å². The summed E-state index contributed by atoms with van der Waals surface area (Å²) < 4.78 is 0. The van der Waals surface area contributed by atoms with Crippen LogP contribution in [0.5, 0.6) is 0 Å². The number of rotatable bonds is 3. The molecule has 1 fully saturated rings. The predicted octanol–water partition coefficient (Wildman–Crippen LogP) is 5.58. The first kappa shape index (κ1) is 19.0. The van der Waals surface area contributed by atoms with E-state index in [1.807, 2.05) is 0 Å². The van der Waals surface area contributed by atoms with E-state index in [1.165, 1.54) is 70.0 Å². The summed E-state index contributed by atoms with van der Waals surface area (Å²) in [5.41, 5.74) is 14.8. The minimum Gasteiger partial charge on any atom is -0.0946 e. The van der Waals surface area contributed by atoms with Gasteiger partial charge in [0.15, 0.2) is 0 Å². The van der Waals surface area contributed by atoms with Crippen LogP contribution >= 0.6 is 0 Å². The molecule has 0 aliphatic heterocycles. The van der Waals surface area contributed by atoms with Crippen molar-refractivity contribution in [3.05, 3.63) is 68.7 Å². The molecule has 0 unspecified atom stereocenters. The third-order valence-electron chi connectivity index (χ3n) is 6.25. The van der Waals surface area contributed by atoms with Crippen molar-refractivity contribution in [2.24, 2.45) is 0 Å². The zero-order chi connectivity index (χ0) is 19.0. The zero-order valence-corrected chi connectivity index (χ0v) is 17.7. The fourth-order valence-electron chi connectivity index (χ4n) is 5.27. The summed E-state index contributed by atoms with van der Waals surface area (Å²) in [6, 6.07) is 9.45. The molecule has 0 amide bonds. The van der Waals surface area contributed by atoms with Gasteiger partial charge in [-0.3, -0.25) is 0 Å². The van der Waals surface area contributed by atoms with Crippen molar-refractivity contribution in [2.45, 2.75) is 74.1 Å². The van der Waals surface area contributed by atoms with Crippen LogP contribution in [0.25, 0.3) is 0 Å². The zero-order valence-electron chi connectivity index (χ0n) is 17.7. The molecule has 0 radical (unpaired) electrons. The number of hydrogen-bond donors (Lipinski definition) is 0. The van der Waals surface area contributed by atoms with Gasteiger partial charge in [-0.1, -0.05) is 86.5 Å². The summed E-state index contributed by atoms with van der Waals surface area (Å²) in [5, 5.41) is 0. The topological polar surface area (TPSA) is 0 Å². The van der Waals surface area contributed by atoms with Crippen LogP contribution in [0.3, 0.4) is 0 Å². The molecule has 0 heterocycles. The van der Waals surface area contributed by atoms with Crippen LogP contribution in [0.1, 0.15) is 66.0 Å². The third-order valence-corrected chi connectivity index (χ3v) is 6.25. The van der Waals surface area contributed by atoms with Gasteiger partial charge in [0.05, 0.1) is 0 Å². The molecule has 26 heavy (non-hydrogen) atoms. The summed E-state index contributed by atoms with van der Waals surface area (Å²) in [4.78, 5) is 0. The minimum atomic E-state index is 0.393. The van der Waals surface area contributed by atoms with Crippen LogP contribution < -0.4 is 10.9 Å². The molecule has 2 aromatic carbocycles. The van der Waals surface area contributed by atoms with E-state index < -0.39 is 0 Å². The summed E-state index contributed by atoms with van der Waals surface area (Å²) in [7, 11) is 0. The predicted molar refractivity (Wildman–Crippen MR) is 117 cm³/mol. The lowest BCUT2D eigenvalue weighted by atomic mass is 9.33. The number of aryl methyl sites for hydroxylation is 6. The molecule has 0 bridgehead atoms. The molecule has 1 aliphatic carbocycles. The Morgan fingerprint density at radius 3 is 1.35 bits per heavy atom. The SMILES string of the molecule is CC(B(c1c(C)cc(C)cc1C)c1c(C)cc(C)cc1C)=C1CCCC1. The Hall–Kier alpha value is -1.76. The maximum Gasteiger partial charge on any atom is 0.238 e. The fourth-order valence-corrected chi connectivity index (χ4v) is 5.27. The second kappa shape index (κ2) is 7.47. The van der Waals surface area contributed by atoms with Crippen LogP contribution in [-0.4, -0.2) is 6.71 Å². The van der Waals surface area contributed by atoms with Crippen molar-refractivity contribution in [1.82, 2.24) is 0 Å². The molecule has 3 rings (SSSR count). The smallest absolute Gasteiger partial charge is 0.0946 e. The third kappa shape index (κ3) is 3.54. The highest BCUT2D eigenvalue weighted by atomic mass is 14.2. The highest BCUT2D eigenvalue weighted by Crippen LogP contribution is 2.29. The van der Waals surface area contributed by atoms with Crippen molar-refractivity contribution in [3.63, 3.8) is 0 Å². The minimum absolute atomic E-state index is 0.393. The Morgan fingerprint density at radius 2 is 1.00 bits per heavy atom. The Morgan fingerprint density at radius 1 is 0.654 bits per heavy atom. The monoisotopic (exact) mass is 344 g/mol. The highest BCUT2D eigenvalue weighted by Gasteiger charge is 2.30. The second-order valence-electron chi connectivity index (χ2n) is 8.55. The van der Waals surface area contributed by atoms with Crippen molar-refractivity contribution in [1.29, 1.82) is 0 Å². The molecule has 136 valence electrons. The van der Waals surface area contributed by atoms with Gasteiger partial charge in [-0.2, -0.15) is 0 Å². The van der Waals surface area contributed by atoms with Crippen molar-refractivity contribution < 1.29 is 0 Å². The Kier molecular flexibility index (Phi) is 5.46. The van der Waals surface area contributed by atoms with E-state index in [4.69, 9.17) is 0 Å². The lowest BCUT2D eigenvalue weighted by Gasteiger charge is -2.26. The van der Waals surface area contributed by atoms with Gasteiger partial charge in [-0.05, 0) is 67.2 Å². The molecule has 0 spiro atoms. The standard InChI is InChI=1S/C25H33B/c1-16-12-18(3)24(19(4)13-16)26(22(7)23-10-8-9-11-23)25-20(5)14-17(2)15-21(25)6/h12-15H,8-11H2,1-7H3. The van der Waals surface area contributed by atoms with Crippen LogP contribution in [-0.2, 0) is 0 Å². The lowest BCUT2D eigenvalue weighted by Crippen LogP contribution is -2.49. The molecule has 0 atom stereocenters. The van der Waals surface area contributed by atoms with E-state index in [-0.39, 0.29) is 0 Å². The summed E-state index contributed by atoms with van der Waals surface area (Å²) in [6.45, 7) is 16.4. The van der Waals surface area contributed by atoms with Crippen molar-refractivity contribution in [2.75, 3.05) is 0 Å². The summed E-state index contributed by atoms with van der Waals surface area (Å²) in [6.07, 6.45) is 5.29. The van der Waals surface area contributed by atoms with Gasteiger partial charge >= 0.3 is 0 Å². The van der Waals surface area contributed by atoms with Crippen LogP contribution in [0, 0.1) is 41.5 Å². The van der Waals surface area contributed by atoms with Crippen LogP contribution in [0.15, 0.2) is 35.3 Å². The molecule has 1 aliphatic rings. The van der Waals surface area contributed by atoms with Gasteiger partial charge in [0.2, 0.25) is 6.71 Å². The van der Waals surface area contributed by atoms with E-state index in [9.17, 15) is 0 Å². The van der Waals surface area contributed by atoms with Crippen LogP contribution in [0.4, 0.5) is 0 Å². The Bertz CT molecular complexity index is 758.